The Morgan fingerprint density at radius 3 is 2.67 bits per heavy atom. The molecule has 0 fully saturated rings. The molecule has 0 bridgehead atoms. The summed E-state index contributed by atoms with van der Waals surface area (Å²) in [4.78, 5) is 16.3. The van der Waals surface area contributed by atoms with Crippen LogP contribution in [0.25, 0.3) is 22.2 Å². The molecule has 136 valence electrons. The van der Waals surface area contributed by atoms with Crippen LogP contribution in [0.4, 0.5) is 5.69 Å². The number of ether oxygens (including phenoxy) is 2. The van der Waals surface area contributed by atoms with Crippen LogP contribution in [0, 0.1) is 21.4 Å². The molecule has 0 aliphatic carbocycles. The van der Waals surface area contributed by atoms with Crippen LogP contribution in [0.5, 0.6) is 11.5 Å². The van der Waals surface area contributed by atoms with E-state index in [1.165, 1.54) is 43.8 Å². The van der Waals surface area contributed by atoms with Gasteiger partial charge in [0.15, 0.2) is 0 Å². The van der Waals surface area contributed by atoms with Gasteiger partial charge in [0, 0.05) is 23.1 Å². The van der Waals surface area contributed by atoms with E-state index in [1.807, 2.05) is 22.9 Å². The summed E-state index contributed by atoms with van der Waals surface area (Å²) in [6.07, 6.45) is 1.53. The number of benzene rings is 1. The minimum atomic E-state index is -0.542. The summed E-state index contributed by atoms with van der Waals surface area (Å²) in [6.45, 7) is 0. The molecule has 0 aliphatic heterocycles. The molecule has 1 aromatic carbocycles. The molecule has 2 aromatic heterocycles. The lowest BCUT2D eigenvalue weighted by molar-refractivity contribution is -0.385. The van der Waals surface area contributed by atoms with Gasteiger partial charge in [0.1, 0.15) is 16.8 Å². The van der Waals surface area contributed by atoms with Gasteiger partial charge in [-0.05, 0) is 17.5 Å². The van der Waals surface area contributed by atoms with E-state index in [2.05, 4.69) is 11.1 Å². The first kappa shape index (κ1) is 18.6. The molecule has 0 amide bonds. The van der Waals surface area contributed by atoms with Crippen LogP contribution in [0.15, 0.2) is 35.0 Å². The highest BCUT2D eigenvalue weighted by Crippen LogP contribution is 2.37. The van der Waals surface area contributed by atoms with E-state index in [0.29, 0.717) is 21.9 Å². The third-order valence-corrected chi connectivity index (χ3v) is 5.42. The van der Waals surface area contributed by atoms with Gasteiger partial charge in [-0.25, -0.2) is 4.98 Å². The Labute approximate surface area is 162 Å². The monoisotopic (exact) mass is 399 g/mol. The van der Waals surface area contributed by atoms with Crippen molar-refractivity contribution < 1.29 is 14.4 Å². The average molecular weight is 399 g/mol. The van der Waals surface area contributed by atoms with E-state index < -0.39 is 4.92 Å². The van der Waals surface area contributed by atoms with Gasteiger partial charge in [-0.15, -0.1) is 22.7 Å². The van der Waals surface area contributed by atoms with Crippen molar-refractivity contribution in [3.05, 3.63) is 55.7 Å². The van der Waals surface area contributed by atoms with E-state index in [0.717, 1.165) is 10.6 Å². The van der Waals surface area contributed by atoms with Crippen molar-refractivity contribution in [1.29, 1.82) is 5.26 Å². The fourth-order valence-corrected chi connectivity index (χ4v) is 3.94. The highest BCUT2D eigenvalue weighted by atomic mass is 32.1. The van der Waals surface area contributed by atoms with Crippen LogP contribution in [0.3, 0.4) is 0 Å². The normalized spacial score (nSPS) is 11.1. The summed E-state index contributed by atoms with van der Waals surface area (Å²) < 4.78 is 10.3. The summed E-state index contributed by atoms with van der Waals surface area (Å²) in [5.74, 6) is 0.446. The smallest absolute Gasteiger partial charge is 0.311 e. The number of rotatable bonds is 6. The van der Waals surface area contributed by atoms with Crippen LogP contribution < -0.4 is 9.47 Å². The minimum absolute atomic E-state index is 0.0849. The maximum atomic E-state index is 11.3. The van der Waals surface area contributed by atoms with E-state index in [1.54, 1.807) is 11.3 Å². The fraction of sp³-hybridized carbons (Fsp3) is 0.111. The molecule has 3 rings (SSSR count). The first-order chi connectivity index (χ1) is 13.1. The van der Waals surface area contributed by atoms with Crippen LogP contribution in [0.2, 0.25) is 0 Å². The maximum Gasteiger partial charge on any atom is 0.311 e. The highest BCUT2D eigenvalue weighted by Gasteiger charge is 2.20. The molecule has 0 spiro atoms. The van der Waals surface area contributed by atoms with Gasteiger partial charge in [0.25, 0.3) is 0 Å². The van der Waals surface area contributed by atoms with Crippen molar-refractivity contribution in [2.75, 3.05) is 14.2 Å². The summed E-state index contributed by atoms with van der Waals surface area (Å²) in [6, 6.07) is 8.75. The molecular weight excluding hydrogens is 386 g/mol. The quantitative estimate of drug-likeness (QED) is 0.333. The molecule has 3 aromatic rings. The third kappa shape index (κ3) is 3.81. The second-order valence-corrected chi connectivity index (χ2v) is 7.01. The number of hydrogen-bond donors (Lipinski definition) is 0. The average Bonchev–Trinajstić information content (AvgIpc) is 3.36. The Bertz CT molecular complexity index is 1050. The van der Waals surface area contributed by atoms with Crippen molar-refractivity contribution >= 4 is 40.0 Å². The summed E-state index contributed by atoms with van der Waals surface area (Å²) in [7, 11) is 2.79. The van der Waals surface area contributed by atoms with E-state index >= 15 is 0 Å². The lowest BCUT2D eigenvalue weighted by Crippen LogP contribution is -1.97. The molecule has 9 heteroatoms. The van der Waals surface area contributed by atoms with Crippen molar-refractivity contribution in [3.63, 3.8) is 0 Å². The number of nitrogens with zero attached hydrogens (tertiary/aromatic N) is 3. The largest absolute Gasteiger partial charge is 0.496 e. The van der Waals surface area contributed by atoms with E-state index in [-0.39, 0.29) is 11.4 Å². The van der Waals surface area contributed by atoms with Crippen molar-refractivity contribution in [2.45, 2.75) is 0 Å². The Morgan fingerprint density at radius 1 is 1.30 bits per heavy atom. The highest BCUT2D eigenvalue weighted by molar-refractivity contribution is 7.14. The number of hydrogen-bond acceptors (Lipinski definition) is 8. The first-order valence-corrected chi connectivity index (χ1v) is 9.35. The van der Waals surface area contributed by atoms with Gasteiger partial charge in [0.2, 0.25) is 5.75 Å². The summed E-state index contributed by atoms with van der Waals surface area (Å²) >= 11 is 2.90. The SMILES string of the molecule is COc1cc(OC)c([N+](=O)[O-])cc1/C=C(/C#N)c1nc(-c2cccs2)cs1. The number of nitriles is 1. The molecular formula is C18H13N3O4S2. The van der Waals surface area contributed by atoms with E-state index in [9.17, 15) is 15.4 Å². The molecule has 2 heterocycles. The molecule has 0 atom stereocenters. The van der Waals surface area contributed by atoms with Gasteiger partial charge in [-0.1, -0.05) is 6.07 Å². The number of methoxy groups -OCH3 is 2. The van der Waals surface area contributed by atoms with Crippen molar-refractivity contribution in [2.24, 2.45) is 0 Å². The van der Waals surface area contributed by atoms with Crippen LogP contribution >= 0.6 is 22.7 Å². The van der Waals surface area contributed by atoms with Crippen molar-refractivity contribution in [1.82, 2.24) is 4.98 Å². The van der Waals surface area contributed by atoms with Gasteiger partial charge < -0.3 is 9.47 Å². The maximum absolute atomic E-state index is 11.3. The number of thiophene rings is 1. The zero-order valence-electron chi connectivity index (χ0n) is 14.3. The Balaban J connectivity index is 2.07. The lowest BCUT2D eigenvalue weighted by Gasteiger charge is -2.08. The third-order valence-electron chi connectivity index (χ3n) is 3.66. The zero-order chi connectivity index (χ0) is 19.4. The molecule has 0 radical (unpaired) electrons. The standard InChI is InChI=1S/C18H13N3O4S2/c1-24-15-8-16(25-2)14(21(22)23)7-11(15)6-12(9-19)18-20-13(10-27-18)17-4-3-5-26-17/h3-8,10H,1-2H3/b12-6-. The number of nitro benzene ring substituents is 1. The Hall–Kier alpha value is -3.22. The first-order valence-electron chi connectivity index (χ1n) is 7.59. The molecule has 0 aliphatic rings. The molecule has 0 unspecified atom stereocenters. The minimum Gasteiger partial charge on any atom is -0.496 e. The fourth-order valence-electron chi connectivity index (χ4n) is 2.39. The van der Waals surface area contributed by atoms with Crippen LogP contribution in [-0.2, 0) is 0 Å². The van der Waals surface area contributed by atoms with Gasteiger partial charge >= 0.3 is 5.69 Å². The predicted octanol–water partition coefficient (Wildman–Crippen LogP) is 4.86. The molecule has 0 N–H and O–H groups in total. The molecule has 0 saturated carbocycles. The second kappa shape index (κ2) is 7.99. The van der Waals surface area contributed by atoms with Crippen LogP contribution in [-0.4, -0.2) is 24.1 Å². The number of thiazole rings is 1. The van der Waals surface area contributed by atoms with Gasteiger partial charge in [-0.3, -0.25) is 10.1 Å². The molecule has 7 nitrogen and oxygen atoms in total. The van der Waals surface area contributed by atoms with Crippen LogP contribution in [0.1, 0.15) is 10.6 Å². The Morgan fingerprint density at radius 2 is 2.07 bits per heavy atom. The second-order valence-electron chi connectivity index (χ2n) is 5.21. The predicted molar refractivity (Wildman–Crippen MR) is 105 cm³/mol. The number of allylic oxidation sites excluding steroid dienone is 1. The lowest BCUT2D eigenvalue weighted by atomic mass is 10.1. The Kier molecular flexibility index (Phi) is 5.49. The topological polar surface area (TPSA) is 98.3 Å². The van der Waals surface area contributed by atoms with Gasteiger partial charge in [0.05, 0.1) is 35.3 Å². The van der Waals surface area contributed by atoms with Crippen molar-refractivity contribution in [3.8, 4) is 28.1 Å². The molecule has 27 heavy (non-hydrogen) atoms. The summed E-state index contributed by atoms with van der Waals surface area (Å²) in [5.41, 5.74) is 1.27. The molecule has 0 saturated heterocycles. The summed E-state index contributed by atoms with van der Waals surface area (Å²) in [5, 5.41) is 25.2. The van der Waals surface area contributed by atoms with Gasteiger partial charge in [-0.2, -0.15) is 5.26 Å². The van der Waals surface area contributed by atoms with E-state index in [4.69, 9.17) is 9.47 Å². The number of nitro groups is 1. The number of aromatic nitrogens is 1. The zero-order valence-corrected chi connectivity index (χ0v) is 16.0.